The third-order valence-electron chi connectivity index (χ3n) is 5.46. The van der Waals surface area contributed by atoms with Gasteiger partial charge in [-0.2, -0.15) is 0 Å². The molecule has 4 aromatic rings. The summed E-state index contributed by atoms with van der Waals surface area (Å²) in [5.74, 6) is -1.01. The average molecular weight is 462 g/mol. The molecule has 5 nitrogen and oxygen atoms in total. The summed E-state index contributed by atoms with van der Waals surface area (Å²) in [5, 5.41) is 5.90. The predicted molar refractivity (Wildman–Crippen MR) is 128 cm³/mol. The molecule has 0 aliphatic carbocycles. The zero-order valence-electron chi connectivity index (χ0n) is 19.0. The lowest BCUT2D eigenvalue weighted by molar-refractivity contribution is 0.0945. The molecule has 2 N–H and O–H groups in total. The van der Waals surface area contributed by atoms with Crippen molar-refractivity contribution in [2.24, 2.45) is 5.92 Å². The summed E-state index contributed by atoms with van der Waals surface area (Å²) in [6.45, 7) is 4.48. The topological polar surface area (TPSA) is 71.3 Å². The van der Waals surface area contributed by atoms with Crippen molar-refractivity contribution in [3.63, 3.8) is 0 Å². The number of rotatable bonds is 6. The van der Waals surface area contributed by atoms with Crippen LogP contribution in [0, 0.1) is 17.6 Å². The maximum atomic E-state index is 14.8. The molecule has 0 saturated carbocycles. The lowest BCUT2D eigenvalue weighted by Gasteiger charge is -2.10. The minimum absolute atomic E-state index is 0.228. The SMILES string of the molecule is CNC(=O)c1c(-c2ccc(F)cc2)oc2ccc(-c3cc(C(=O)NCC(C)C)ccc3F)cc12. The molecule has 3 aromatic carbocycles. The lowest BCUT2D eigenvalue weighted by atomic mass is 9.98. The highest BCUT2D eigenvalue weighted by molar-refractivity contribution is 6.11. The van der Waals surface area contributed by atoms with Crippen LogP contribution in [0.3, 0.4) is 0 Å². The molecular formula is C27H24F2N2O3. The summed E-state index contributed by atoms with van der Waals surface area (Å²) in [6.07, 6.45) is 0. The monoisotopic (exact) mass is 462 g/mol. The van der Waals surface area contributed by atoms with Gasteiger partial charge in [-0.25, -0.2) is 8.78 Å². The summed E-state index contributed by atoms with van der Waals surface area (Å²) < 4.78 is 34.2. The maximum absolute atomic E-state index is 14.8. The number of fused-ring (bicyclic) bond motifs is 1. The molecule has 4 rings (SSSR count). The Labute approximate surface area is 195 Å². The molecule has 0 aliphatic heterocycles. The van der Waals surface area contributed by atoms with Crippen LogP contribution in [-0.4, -0.2) is 25.4 Å². The number of carbonyl (C=O) groups excluding carboxylic acids is 2. The van der Waals surface area contributed by atoms with Gasteiger partial charge in [0.25, 0.3) is 11.8 Å². The second kappa shape index (κ2) is 9.47. The molecule has 0 aliphatic rings. The maximum Gasteiger partial charge on any atom is 0.255 e. The molecule has 2 amide bonds. The first kappa shape index (κ1) is 23.2. The molecule has 0 saturated heterocycles. The lowest BCUT2D eigenvalue weighted by Crippen LogP contribution is -2.27. The van der Waals surface area contributed by atoms with Crippen LogP contribution in [0.1, 0.15) is 34.6 Å². The summed E-state index contributed by atoms with van der Waals surface area (Å²) in [6, 6.07) is 14.8. The molecular weight excluding hydrogens is 438 g/mol. The number of furan rings is 1. The number of benzene rings is 3. The van der Waals surface area contributed by atoms with Crippen molar-refractivity contribution >= 4 is 22.8 Å². The number of amides is 2. The number of nitrogens with one attached hydrogen (secondary N) is 2. The summed E-state index contributed by atoms with van der Waals surface area (Å²) in [5.41, 5.74) is 2.27. The van der Waals surface area contributed by atoms with E-state index in [1.165, 1.54) is 49.5 Å². The van der Waals surface area contributed by atoms with Crippen molar-refractivity contribution in [3.8, 4) is 22.5 Å². The van der Waals surface area contributed by atoms with Gasteiger partial charge in [0.05, 0.1) is 5.56 Å². The van der Waals surface area contributed by atoms with Crippen LogP contribution in [0.2, 0.25) is 0 Å². The minimum atomic E-state index is -0.497. The Morgan fingerprint density at radius 3 is 2.29 bits per heavy atom. The van der Waals surface area contributed by atoms with Crippen LogP contribution < -0.4 is 10.6 Å². The van der Waals surface area contributed by atoms with Gasteiger partial charge < -0.3 is 15.1 Å². The fraction of sp³-hybridized carbons (Fsp3) is 0.185. The standard InChI is InChI=1S/C27H24F2N2O3/c1-15(2)14-31-26(32)18-6-10-22(29)20(13-18)17-7-11-23-21(12-17)24(27(33)30-3)25(34-23)16-4-8-19(28)9-5-16/h4-13,15H,14H2,1-3H3,(H,30,33)(H,31,32). The summed E-state index contributed by atoms with van der Waals surface area (Å²) in [4.78, 5) is 25.3. The molecule has 1 heterocycles. The van der Waals surface area contributed by atoms with Crippen molar-refractivity contribution < 1.29 is 22.8 Å². The summed E-state index contributed by atoms with van der Waals surface area (Å²) >= 11 is 0. The molecule has 0 spiro atoms. The van der Waals surface area contributed by atoms with E-state index in [0.29, 0.717) is 34.2 Å². The highest BCUT2D eigenvalue weighted by atomic mass is 19.1. The Morgan fingerprint density at radius 2 is 1.62 bits per heavy atom. The van der Waals surface area contributed by atoms with Gasteiger partial charge in [0.2, 0.25) is 0 Å². The Morgan fingerprint density at radius 1 is 0.912 bits per heavy atom. The molecule has 0 radical (unpaired) electrons. The second-order valence-electron chi connectivity index (χ2n) is 8.40. The van der Waals surface area contributed by atoms with E-state index in [2.05, 4.69) is 10.6 Å². The fourth-order valence-electron chi connectivity index (χ4n) is 3.71. The first-order valence-corrected chi connectivity index (χ1v) is 10.9. The quantitative estimate of drug-likeness (QED) is 0.381. The van der Waals surface area contributed by atoms with Gasteiger partial charge in [-0.15, -0.1) is 0 Å². The van der Waals surface area contributed by atoms with E-state index in [9.17, 15) is 18.4 Å². The van der Waals surface area contributed by atoms with Gasteiger partial charge in [-0.1, -0.05) is 19.9 Å². The highest BCUT2D eigenvalue weighted by Crippen LogP contribution is 2.36. The van der Waals surface area contributed by atoms with E-state index >= 15 is 0 Å². The second-order valence-corrected chi connectivity index (χ2v) is 8.40. The Balaban J connectivity index is 1.82. The minimum Gasteiger partial charge on any atom is -0.455 e. The van der Waals surface area contributed by atoms with Crippen molar-refractivity contribution in [2.45, 2.75) is 13.8 Å². The van der Waals surface area contributed by atoms with Crippen molar-refractivity contribution in [1.82, 2.24) is 10.6 Å². The normalized spacial score (nSPS) is 11.1. The van der Waals surface area contributed by atoms with Crippen LogP contribution in [-0.2, 0) is 0 Å². The fourth-order valence-corrected chi connectivity index (χ4v) is 3.71. The Bertz CT molecular complexity index is 1370. The number of halogens is 2. The van der Waals surface area contributed by atoms with Gasteiger partial charge in [0, 0.05) is 35.7 Å². The van der Waals surface area contributed by atoms with E-state index < -0.39 is 17.5 Å². The Hall–Kier alpha value is -4.00. The molecule has 1 aromatic heterocycles. The van der Waals surface area contributed by atoms with Crippen molar-refractivity contribution in [2.75, 3.05) is 13.6 Å². The van der Waals surface area contributed by atoms with Gasteiger partial charge >= 0.3 is 0 Å². The average Bonchev–Trinajstić information content (AvgIpc) is 3.21. The number of carbonyl (C=O) groups is 2. The van der Waals surface area contributed by atoms with E-state index in [1.54, 1.807) is 18.2 Å². The molecule has 174 valence electrons. The third kappa shape index (κ3) is 4.55. The van der Waals surface area contributed by atoms with E-state index in [-0.39, 0.29) is 28.7 Å². The molecule has 0 bridgehead atoms. The van der Waals surface area contributed by atoms with E-state index in [4.69, 9.17) is 4.42 Å². The number of hydrogen-bond donors (Lipinski definition) is 2. The van der Waals surface area contributed by atoms with Crippen molar-refractivity contribution in [3.05, 3.63) is 83.4 Å². The van der Waals surface area contributed by atoms with Gasteiger partial charge in [0.1, 0.15) is 23.0 Å². The van der Waals surface area contributed by atoms with Crippen LogP contribution in [0.15, 0.2) is 65.1 Å². The van der Waals surface area contributed by atoms with Gasteiger partial charge in [0.15, 0.2) is 0 Å². The van der Waals surface area contributed by atoms with Crippen LogP contribution in [0.25, 0.3) is 33.4 Å². The highest BCUT2D eigenvalue weighted by Gasteiger charge is 2.22. The van der Waals surface area contributed by atoms with Gasteiger partial charge in [-0.05, 0) is 66.1 Å². The summed E-state index contributed by atoms with van der Waals surface area (Å²) in [7, 11) is 1.50. The molecule has 0 fully saturated rings. The van der Waals surface area contributed by atoms with Crippen molar-refractivity contribution in [1.29, 1.82) is 0 Å². The zero-order valence-corrected chi connectivity index (χ0v) is 19.0. The largest absolute Gasteiger partial charge is 0.455 e. The molecule has 34 heavy (non-hydrogen) atoms. The predicted octanol–water partition coefficient (Wildman–Crippen LogP) is 5.79. The van der Waals surface area contributed by atoms with Gasteiger partial charge in [-0.3, -0.25) is 9.59 Å². The van der Waals surface area contributed by atoms with E-state index in [0.717, 1.165) is 0 Å². The van der Waals surface area contributed by atoms with Crippen LogP contribution >= 0.6 is 0 Å². The van der Waals surface area contributed by atoms with E-state index in [1.807, 2.05) is 13.8 Å². The molecule has 0 atom stereocenters. The Kier molecular flexibility index (Phi) is 6.45. The molecule has 0 unspecified atom stereocenters. The third-order valence-corrected chi connectivity index (χ3v) is 5.46. The van der Waals surface area contributed by atoms with Crippen LogP contribution in [0.5, 0.6) is 0 Å². The first-order valence-electron chi connectivity index (χ1n) is 10.9. The molecule has 7 heteroatoms. The smallest absolute Gasteiger partial charge is 0.255 e. The number of hydrogen-bond acceptors (Lipinski definition) is 3. The zero-order chi connectivity index (χ0) is 24.4. The first-order chi connectivity index (χ1) is 16.3. The van der Waals surface area contributed by atoms with Crippen LogP contribution in [0.4, 0.5) is 8.78 Å².